The Labute approximate surface area is 85.2 Å². The van der Waals surface area contributed by atoms with Gasteiger partial charge in [0, 0.05) is 6.61 Å². The lowest BCUT2D eigenvalue weighted by molar-refractivity contribution is -0.0396. The molecule has 1 aromatic rings. The molecule has 1 atom stereocenters. The highest BCUT2D eigenvalue weighted by Gasteiger charge is 2.17. The van der Waals surface area contributed by atoms with Gasteiger partial charge in [-0.1, -0.05) is 0 Å². The second-order valence-electron chi connectivity index (χ2n) is 3.18. The molecule has 4 nitrogen and oxygen atoms in total. The minimum Gasteiger partial charge on any atom is -0.395 e. The number of anilines is 1. The molecule has 13 heavy (non-hydrogen) atoms. The second-order valence-corrected chi connectivity index (χ2v) is 3.93. The van der Waals surface area contributed by atoms with Gasteiger partial charge in [0.25, 0.3) is 0 Å². The predicted molar refractivity (Wildman–Crippen MR) is 53.2 cm³/mol. The Morgan fingerprint density at radius 3 is 3.00 bits per heavy atom. The molecule has 0 bridgehead atoms. The van der Waals surface area contributed by atoms with Crippen LogP contribution < -0.4 is 5.73 Å². The van der Waals surface area contributed by atoms with Crippen LogP contribution in [0.5, 0.6) is 0 Å². The van der Waals surface area contributed by atoms with Gasteiger partial charge in [-0.25, -0.2) is 4.68 Å². The number of rotatable bonds is 1. The number of hydrogen-bond donors (Lipinski definition) is 1. The number of ether oxygens (including phenoxy) is 1. The Kier molecular flexibility index (Phi) is 2.55. The molecule has 1 saturated heterocycles. The van der Waals surface area contributed by atoms with Crippen LogP contribution in [0.2, 0.25) is 0 Å². The van der Waals surface area contributed by atoms with Gasteiger partial charge in [0.05, 0.1) is 11.9 Å². The number of halogens is 1. The van der Waals surface area contributed by atoms with Gasteiger partial charge in [0.1, 0.15) is 6.23 Å². The summed E-state index contributed by atoms with van der Waals surface area (Å²) >= 11 is 3.27. The summed E-state index contributed by atoms with van der Waals surface area (Å²) in [4.78, 5) is 0. The molecule has 1 fully saturated rings. The monoisotopic (exact) mass is 245 g/mol. The molecular weight excluding hydrogens is 234 g/mol. The van der Waals surface area contributed by atoms with Crippen LogP contribution >= 0.6 is 15.9 Å². The highest BCUT2D eigenvalue weighted by Crippen LogP contribution is 2.25. The average Bonchev–Trinajstić information content (AvgIpc) is 2.49. The van der Waals surface area contributed by atoms with E-state index in [-0.39, 0.29) is 6.23 Å². The van der Waals surface area contributed by atoms with Gasteiger partial charge in [-0.2, -0.15) is 5.10 Å². The molecule has 2 heterocycles. The molecule has 2 rings (SSSR count). The van der Waals surface area contributed by atoms with Crippen LogP contribution in [0.1, 0.15) is 25.5 Å². The van der Waals surface area contributed by atoms with Gasteiger partial charge in [-0.15, -0.1) is 0 Å². The largest absolute Gasteiger partial charge is 0.395 e. The first-order chi connectivity index (χ1) is 6.27. The summed E-state index contributed by atoms with van der Waals surface area (Å²) in [7, 11) is 0. The maximum Gasteiger partial charge on any atom is 0.151 e. The maximum atomic E-state index is 5.66. The topological polar surface area (TPSA) is 53.1 Å². The number of hydrogen-bond acceptors (Lipinski definition) is 3. The summed E-state index contributed by atoms with van der Waals surface area (Å²) in [6, 6.07) is 0. The molecule has 1 unspecified atom stereocenters. The predicted octanol–water partition coefficient (Wildman–Crippen LogP) is 1.93. The Balaban J connectivity index is 2.14. The second kappa shape index (κ2) is 3.67. The van der Waals surface area contributed by atoms with E-state index in [0.717, 1.165) is 19.4 Å². The lowest BCUT2D eigenvalue weighted by atomic mass is 10.2. The van der Waals surface area contributed by atoms with E-state index >= 15 is 0 Å². The molecule has 1 aliphatic rings. The standard InChI is InChI=1S/C8H12BrN3O/c9-8-6(10)5-12(11-8)7-3-1-2-4-13-7/h5,7H,1-4,10H2. The van der Waals surface area contributed by atoms with Crippen LogP contribution in [0.15, 0.2) is 10.8 Å². The summed E-state index contributed by atoms with van der Waals surface area (Å²) in [6.07, 6.45) is 5.24. The molecule has 0 radical (unpaired) electrons. The third-order valence-corrected chi connectivity index (χ3v) is 2.78. The molecule has 1 aromatic heterocycles. The molecule has 0 aromatic carbocycles. The molecule has 5 heteroatoms. The minimum atomic E-state index is 0.0716. The van der Waals surface area contributed by atoms with Crippen LogP contribution in [0.4, 0.5) is 5.69 Å². The van der Waals surface area contributed by atoms with Crippen molar-refractivity contribution in [1.82, 2.24) is 9.78 Å². The third kappa shape index (κ3) is 1.86. The fourth-order valence-electron chi connectivity index (χ4n) is 1.46. The Morgan fingerprint density at radius 2 is 2.46 bits per heavy atom. The van der Waals surface area contributed by atoms with Crippen molar-refractivity contribution in [3.8, 4) is 0 Å². The van der Waals surface area contributed by atoms with Crippen LogP contribution in [0.25, 0.3) is 0 Å². The van der Waals surface area contributed by atoms with Gasteiger partial charge in [-0.3, -0.25) is 0 Å². The zero-order valence-electron chi connectivity index (χ0n) is 7.24. The lowest BCUT2D eigenvalue weighted by Gasteiger charge is -2.22. The van der Waals surface area contributed by atoms with Crippen LogP contribution in [0.3, 0.4) is 0 Å². The molecule has 0 amide bonds. The average molecular weight is 246 g/mol. The molecule has 1 aliphatic heterocycles. The number of aromatic nitrogens is 2. The van der Waals surface area contributed by atoms with E-state index < -0.39 is 0 Å². The van der Waals surface area contributed by atoms with E-state index in [1.54, 1.807) is 10.9 Å². The Hall–Kier alpha value is -0.550. The first-order valence-corrected chi connectivity index (χ1v) is 5.18. The van der Waals surface area contributed by atoms with Crippen molar-refractivity contribution < 1.29 is 4.74 Å². The van der Waals surface area contributed by atoms with Gasteiger partial charge in [-0.05, 0) is 35.2 Å². The number of nitrogens with zero attached hydrogens (tertiary/aromatic N) is 2. The minimum absolute atomic E-state index is 0.0716. The maximum absolute atomic E-state index is 5.66. The SMILES string of the molecule is Nc1cn(C2CCCCO2)nc1Br. The van der Waals surface area contributed by atoms with Crippen molar-refractivity contribution in [2.24, 2.45) is 0 Å². The Morgan fingerprint density at radius 1 is 1.62 bits per heavy atom. The summed E-state index contributed by atoms with van der Waals surface area (Å²) in [6.45, 7) is 0.821. The van der Waals surface area contributed by atoms with Gasteiger partial charge in [0.15, 0.2) is 4.60 Å². The van der Waals surface area contributed by atoms with E-state index in [1.165, 1.54) is 6.42 Å². The van der Waals surface area contributed by atoms with E-state index in [0.29, 0.717) is 10.3 Å². The molecule has 0 spiro atoms. The quantitative estimate of drug-likeness (QED) is 0.823. The highest BCUT2D eigenvalue weighted by atomic mass is 79.9. The van der Waals surface area contributed by atoms with Crippen LogP contribution in [0, 0.1) is 0 Å². The smallest absolute Gasteiger partial charge is 0.151 e. The molecular formula is C8H12BrN3O. The molecule has 0 saturated carbocycles. The van der Waals surface area contributed by atoms with E-state index in [9.17, 15) is 0 Å². The molecule has 72 valence electrons. The third-order valence-electron chi connectivity index (χ3n) is 2.16. The van der Waals surface area contributed by atoms with Crippen molar-refractivity contribution in [2.45, 2.75) is 25.5 Å². The zero-order chi connectivity index (χ0) is 9.26. The number of nitrogen functional groups attached to an aromatic ring is 1. The van der Waals surface area contributed by atoms with Gasteiger partial charge in [0.2, 0.25) is 0 Å². The van der Waals surface area contributed by atoms with Gasteiger partial charge >= 0.3 is 0 Å². The van der Waals surface area contributed by atoms with Crippen molar-refractivity contribution in [2.75, 3.05) is 12.3 Å². The first kappa shape index (κ1) is 9.02. The normalized spacial score (nSPS) is 23.3. The summed E-state index contributed by atoms with van der Waals surface area (Å²) in [5.41, 5.74) is 6.32. The first-order valence-electron chi connectivity index (χ1n) is 4.39. The van der Waals surface area contributed by atoms with E-state index in [1.807, 2.05) is 0 Å². The highest BCUT2D eigenvalue weighted by molar-refractivity contribution is 9.10. The van der Waals surface area contributed by atoms with Crippen molar-refractivity contribution in [3.63, 3.8) is 0 Å². The van der Waals surface area contributed by atoms with Crippen LogP contribution in [-0.4, -0.2) is 16.4 Å². The Bertz CT molecular complexity index is 274. The number of nitrogens with two attached hydrogens (primary N) is 1. The zero-order valence-corrected chi connectivity index (χ0v) is 8.83. The van der Waals surface area contributed by atoms with Crippen molar-refractivity contribution in [1.29, 1.82) is 0 Å². The summed E-state index contributed by atoms with van der Waals surface area (Å²) < 4.78 is 8.04. The molecule has 2 N–H and O–H groups in total. The van der Waals surface area contributed by atoms with Crippen molar-refractivity contribution in [3.05, 3.63) is 10.8 Å². The summed E-state index contributed by atoms with van der Waals surface area (Å²) in [5.74, 6) is 0. The fraction of sp³-hybridized carbons (Fsp3) is 0.625. The van der Waals surface area contributed by atoms with Crippen molar-refractivity contribution >= 4 is 21.6 Å². The summed E-state index contributed by atoms with van der Waals surface area (Å²) in [5, 5.41) is 4.22. The van der Waals surface area contributed by atoms with E-state index in [4.69, 9.17) is 10.5 Å². The fourth-order valence-corrected chi connectivity index (χ4v) is 1.75. The van der Waals surface area contributed by atoms with E-state index in [2.05, 4.69) is 21.0 Å². The van der Waals surface area contributed by atoms with Gasteiger partial charge < -0.3 is 10.5 Å². The molecule has 0 aliphatic carbocycles. The lowest BCUT2D eigenvalue weighted by Crippen LogP contribution is -2.18. The van der Waals surface area contributed by atoms with Crippen LogP contribution in [-0.2, 0) is 4.74 Å².